The van der Waals surface area contributed by atoms with Crippen molar-refractivity contribution in [3.8, 4) is 0 Å². The summed E-state index contributed by atoms with van der Waals surface area (Å²) >= 11 is 2.26. The van der Waals surface area contributed by atoms with Gasteiger partial charge in [0.15, 0.2) is 0 Å². The summed E-state index contributed by atoms with van der Waals surface area (Å²) in [5, 5.41) is 2.19. The number of halogens is 1. The molecule has 0 aromatic rings. The van der Waals surface area contributed by atoms with Gasteiger partial charge in [-0.1, -0.05) is 22.6 Å². The summed E-state index contributed by atoms with van der Waals surface area (Å²) in [5.74, 6) is 0. The third-order valence-corrected chi connectivity index (χ3v) is 3.13. The number of piperidine rings is 1. The summed E-state index contributed by atoms with van der Waals surface area (Å²) in [7, 11) is 0. The van der Waals surface area contributed by atoms with Crippen molar-refractivity contribution in [2.75, 3.05) is 4.61 Å². The van der Waals surface area contributed by atoms with Gasteiger partial charge in [-0.05, 0) is 47.0 Å². The van der Waals surface area contributed by atoms with Crippen LogP contribution in [0.3, 0.4) is 0 Å². The number of nitrogens with zero attached hydrogens (tertiary/aromatic N) is 1. The van der Waals surface area contributed by atoms with Gasteiger partial charge in [0.05, 0.1) is 0 Å². The molecule has 0 bridgehead atoms. The van der Waals surface area contributed by atoms with Crippen molar-refractivity contribution in [1.82, 2.24) is 5.06 Å². The van der Waals surface area contributed by atoms with Crippen LogP contribution in [-0.4, -0.2) is 20.8 Å². The molecule has 0 aliphatic carbocycles. The highest BCUT2D eigenvalue weighted by Gasteiger charge is 2.42. The maximum atomic E-state index is 5.73. The molecule has 2 nitrogen and oxygen atoms in total. The van der Waals surface area contributed by atoms with Crippen LogP contribution < -0.4 is 0 Å². The molecule has 0 aromatic heterocycles. The first-order chi connectivity index (χ1) is 5.90. The van der Waals surface area contributed by atoms with Gasteiger partial charge in [0.2, 0.25) is 0 Å². The number of hydrogen-bond donors (Lipinski definition) is 0. The van der Waals surface area contributed by atoms with Crippen LogP contribution >= 0.6 is 22.6 Å². The first-order valence-electron chi connectivity index (χ1n) is 4.89. The zero-order valence-corrected chi connectivity index (χ0v) is 11.2. The van der Waals surface area contributed by atoms with Gasteiger partial charge in [-0.2, -0.15) is 5.06 Å². The average Bonchev–Trinajstić information content (AvgIpc) is 1.96. The highest BCUT2D eigenvalue weighted by atomic mass is 127. The zero-order valence-electron chi connectivity index (χ0n) is 9.06. The largest absolute Gasteiger partial charge is 0.287 e. The molecule has 13 heavy (non-hydrogen) atoms. The summed E-state index contributed by atoms with van der Waals surface area (Å²) in [6, 6.07) is 0. The molecule has 0 N–H and O–H groups in total. The number of hydrogen-bond acceptors (Lipinski definition) is 2. The maximum absolute atomic E-state index is 5.73. The maximum Gasteiger partial charge on any atom is 0.120 e. The lowest BCUT2D eigenvalue weighted by Crippen LogP contribution is -2.58. The summed E-state index contributed by atoms with van der Waals surface area (Å²) in [6.07, 6.45) is 3.77. The summed E-state index contributed by atoms with van der Waals surface area (Å²) in [6.45, 7) is 9.06. The molecule has 0 unspecified atom stereocenters. The Bertz CT molecular complexity index is 164. The SMILES string of the molecule is CC1(C)CCCC(C)(C)N1OCI. The highest BCUT2D eigenvalue weighted by Crippen LogP contribution is 2.38. The van der Waals surface area contributed by atoms with E-state index in [1.165, 1.54) is 19.3 Å². The molecule has 1 saturated heterocycles. The van der Waals surface area contributed by atoms with E-state index in [9.17, 15) is 0 Å². The fraction of sp³-hybridized carbons (Fsp3) is 1.00. The van der Waals surface area contributed by atoms with E-state index in [-0.39, 0.29) is 11.1 Å². The quantitative estimate of drug-likeness (QED) is 0.572. The summed E-state index contributed by atoms with van der Waals surface area (Å²) in [4.78, 5) is 5.73. The Morgan fingerprint density at radius 2 is 1.62 bits per heavy atom. The molecule has 78 valence electrons. The Balaban J connectivity index is 2.78. The Labute approximate surface area is 95.1 Å². The molecular weight excluding hydrogens is 277 g/mol. The van der Waals surface area contributed by atoms with Crippen LogP contribution in [0, 0.1) is 0 Å². The van der Waals surface area contributed by atoms with Gasteiger partial charge in [-0.25, -0.2) is 0 Å². The Hall–Kier alpha value is 0.650. The summed E-state index contributed by atoms with van der Waals surface area (Å²) < 4.78 is 0.741. The minimum absolute atomic E-state index is 0.187. The van der Waals surface area contributed by atoms with Gasteiger partial charge in [-0.3, -0.25) is 4.84 Å². The van der Waals surface area contributed by atoms with Gasteiger partial charge in [0.25, 0.3) is 0 Å². The minimum Gasteiger partial charge on any atom is -0.287 e. The van der Waals surface area contributed by atoms with Crippen LogP contribution in [0.2, 0.25) is 0 Å². The van der Waals surface area contributed by atoms with Crippen molar-refractivity contribution < 1.29 is 4.84 Å². The van der Waals surface area contributed by atoms with E-state index < -0.39 is 0 Å². The van der Waals surface area contributed by atoms with Crippen molar-refractivity contribution in [2.24, 2.45) is 0 Å². The van der Waals surface area contributed by atoms with Crippen molar-refractivity contribution in [3.05, 3.63) is 0 Å². The lowest BCUT2D eigenvalue weighted by molar-refractivity contribution is -0.266. The van der Waals surface area contributed by atoms with E-state index >= 15 is 0 Å². The van der Waals surface area contributed by atoms with Crippen LogP contribution in [0.25, 0.3) is 0 Å². The minimum atomic E-state index is 0.187. The predicted octanol–water partition coefficient (Wildman–Crippen LogP) is 3.35. The second kappa shape index (κ2) is 4.03. The monoisotopic (exact) mass is 297 g/mol. The Morgan fingerprint density at radius 3 is 2.00 bits per heavy atom. The second-order valence-corrected chi connectivity index (χ2v) is 5.63. The molecule has 1 rings (SSSR count). The number of alkyl halides is 1. The summed E-state index contributed by atoms with van der Waals surface area (Å²) in [5.41, 5.74) is 0.375. The fourth-order valence-electron chi connectivity index (χ4n) is 2.37. The second-order valence-electron chi connectivity index (χ2n) is 5.01. The smallest absolute Gasteiger partial charge is 0.120 e. The topological polar surface area (TPSA) is 12.5 Å². The zero-order chi connectivity index (χ0) is 10.1. The van der Waals surface area contributed by atoms with E-state index in [2.05, 4.69) is 55.3 Å². The molecule has 0 atom stereocenters. The lowest BCUT2D eigenvalue weighted by Gasteiger charge is -2.51. The molecule has 0 amide bonds. The predicted molar refractivity (Wildman–Crippen MR) is 63.8 cm³/mol. The van der Waals surface area contributed by atoms with E-state index in [1.807, 2.05) is 0 Å². The first kappa shape index (κ1) is 11.7. The Morgan fingerprint density at radius 1 is 1.15 bits per heavy atom. The van der Waals surface area contributed by atoms with Gasteiger partial charge in [0.1, 0.15) is 4.61 Å². The lowest BCUT2D eigenvalue weighted by atomic mass is 9.82. The van der Waals surface area contributed by atoms with Crippen molar-refractivity contribution in [3.63, 3.8) is 0 Å². The van der Waals surface area contributed by atoms with Crippen LogP contribution in [0.4, 0.5) is 0 Å². The molecule has 1 aliphatic rings. The molecule has 3 heteroatoms. The van der Waals surface area contributed by atoms with E-state index in [0.29, 0.717) is 0 Å². The van der Waals surface area contributed by atoms with Crippen molar-refractivity contribution in [2.45, 2.75) is 58.0 Å². The van der Waals surface area contributed by atoms with Gasteiger partial charge < -0.3 is 0 Å². The van der Waals surface area contributed by atoms with E-state index in [4.69, 9.17) is 4.84 Å². The van der Waals surface area contributed by atoms with E-state index in [1.54, 1.807) is 0 Å². The molecule has 0 aromatic carbocycles. The third kappa shape index (κ3) is 2.57. The fourth-order valence-corrected chi connectivity index (χ4v) is 2.65. The molecule has 1 heterocycles. The molecule has 0 radical (unpaired) electrons. The highest BCUT2D eigenvalue weighted by molar-refractivity contribution is 14.1. The molecular formula is C10H20INO. The van der Waals surface area contributed by atoms with E-state index in [0.717, 1.165) is 4.61 Å². The van der Waals surface area contributed by atoms with Gasteiger partial charge in [0, 0.05) is 11.1 Å². The molecule has 0 spiro atoms. The number of rotatable bonds is 2. The first-order valence-corrected chi connectivity index (χ1v) is 6.42. The van der Waals surface area contributed by atoms with Crippen LogP contribution in [0.15, 0.2) is 0 Å². The Kier molecular flexibility index (Phi) is 3.63. The van der Waals surface area contributed by atoms with Crippen LogP contribution in [-0.2, 0) is 4.84 Å². The molecule has 1 aliphatic heterocycles. The van der Waals surface area contributed by atoms with Crippen molar-refractivity contribution in [1.29, 1.82) is 0 Å². The molecule has 1 fully saturated rings. The van der Waals surface area contributed by atoms with Crippen LogP contribution in [0.1, 0.15) is 47.0 Å². The van der Waals surface area contributed by atoms with Crippen molar-refractivity contribution >= 4 is 22.6 Å². The van der Waals surface area contributed by atoms with Gasteiger partial charge in [-0.15, -0.1) is 0 Å². The normalized spacial score (nSPS) is 27.5. The molecule has 0 saturated carbocycles. The number of hydroxylamine groups is 2. The third-order valence-electron chi connectivity index (χ3n) is 2.85. The van der Waals surface area contributed by atoms with Crippen LogP contribution in [0.5, 0.6) is 0 Å². The average molecular weight is 297 g/mol. The standard InChI is InChI=1S/C10H20INO/c1-9(2)6-5-7-10(3,4)12(9)13-8-11/h5-8H2,1-4H3. The van der Waals surface area contributed by atoms with Gasteiger partial charge >= 0.3 is 0 Å².